The first kappa shape index (κ1) is 14.4. The molecule has 1 heterocycles. The average Bonchev–Trinajstić information content (AvgIpc) is 2.40. The van der Waals surface area contributed by atoms with Crippen molar-refractivity contribution in [3.05, 3.63) is 52.4 Å². The molecular formula is C15H17ClN2S. The van der Waals surface area contributed by atoms with E-state index in [1.54, 1.807) is 18.1 Å². The SMILES string of the molecule is CCCc1c(Cl)ncnc1SCc1cccc(C)c1. The van der Waals surface area contributed by atoms with Gasteiger partial charge in [-0.3, -0.25) is 0 Å². The maximum Gasteiger partial charge on any atom is 0.136 e. The van der Waals surface area contributed by atoms with E-state index in [1.807, 2.05) is 0 Å². The van der Waals surface area contributed by atoms with E-state index in [1.165, 1.54) is 11.1 Å². The van der Waals surface area contributed by atoms with Gasteiger partial charge in [-0.15, -0.1) is 11.8 Å². The number of thioether (sulfide) groups is 1. The van der Waals surface area contributed by atoms with Gasteiger partial charge in [0.05, 0.1) is 0 Å². The summed E-state index contributed by atoms with van der Waals surface area (Å²) in [5.41, 5.74) is 3.67. The van der Waals surface area contributed by atoms with E-state index >= 15 is 0 Å². The summed E-state index contributed by atoms with van der Waals surface area (Å²) in [6.07, 6.45) is 3.51. The van der Waals surface area contributed by atoms with Crippen LogP contribution in [0, 0.1) is 6.92 Å². The summed E-state index contributed by atoms with van der Waals surface area (Å²) < 4.78 is 0. The molecule has 1 aromatic carbocycles. The van der Waals surface area contributed by atoms with E-state index in [0.29, 0.717) is 5.15 Å². The van der Waals surface area contributed by atoms with Crippen molar-refractivity contribution in [2.75, 3.05) is 0 Å². The third kappa shape index (κ3) is 3.95. The van der Waals surface area contributed by atoms with Crippen LogP contribution in [-0.4, -0.2) is 9.97 Å². The summed E-state index contributed by atoms with van der Waals surface area (Å²) in [5, 5.41) is 1.59. The molecule has 0 N–H and O–H groups in total. The molecule has 0 saturated heterocycles. The molecule has 0 radical (unpaired) electrons. The minimum Gasteiger partial charge on any atom is -0.230 e. The molecule has 0 aliphatic heterocycles. The molecule has 2 nitrogen and oxygen atoms in total. The number of hydrogen-bond donors (Lipinski definition) is 0. The number of halogens is 1. The summed E-state index contributed by atoms with van der Waals surface area (Å²) in [7, 11) is 0. The third-order valence-electron chi connectivity index (χ3n) is 2.81. The lowest BCUT2D eigenvalue weighted by Gasteiger charge is -2.08. The lowest BCUT2D eigenvalue weighted by atomic mass is 10.2. The zero-order valence-electron chi connectivity index (χ0n) is 11.2. The second kappa shape index (κ2) is 6.92. The van der Waals surface area contributed by atoms with Gasteiger partial charge in [-0.2, -0.15) is 0 Å². The highest BCUT2D eigenvalue weighted by molar-refractivity contribution is 7.98. The topological polar surface area (TPSA) is 25.8 Å². The molecule has 100 valence electrons. The molecule has 1 aromatic heterocycles. The molecule has 19 heavy (non-hydrogen) atoms. The monoisotopic (exact) mass is 292 g/mol. The van der Waals surface area contributed by atoms with Gasteiger partial charge in [0.1, 0.15) is 16.5 Å². The number of rotatable bonds is 5. The Morgan fingerprint density at radius 1 is 1.26 bits per heavy atom. The second-order valence-corrected chi connectivity index (χ2v) is 5.80. The molecule has 0 aliphatic rings. The number of nitrogens with zero attached hydrogens (tertiary/aromatic N) is 2. The number of benzene rings is 1. The summed E-state index contributed by atoms with van der Waals surface area (Å²) in [6, 6.07) is 8.54. The molecule has 4 heteroatoms. The average molecular weight is 293 g/mol. The van der Waals surface area contributed by atoms with Crippen molar-refractivity contribution < 1.29 is 0 Å². The Bertz CT molecular complexity index is 558. The zero-order valence-corrected chi connectivity index (χ0v) is 12.8. The van der Waals surface area contributed by atoms with Crippen molar-refractivity contribution in [1.29, 1.82) is 0 Å². The molecule has 0 saturated carbocycles. The largest absolute Gasteiger partial charge is 0.230 e. The van der Waals surface area contributed by atoms with Gasteiger partial charge in [-0.25, -0.2) is 9.97 Å². The first-order chi connectivity index (χ1) is 9.20. The van der Waals surface area contributed by atoms with Crippen molar-refractivity contribution in [2.45, 2.75) is 37.5 Å². The van der Waals surface area contributed by atoms with Crippen LogP contribution in [-0.2, 0) is 12.2 Å². The van der Waals surface area contributed by atoms with E-state index < -0.39 is 0 Å². The van der Waals surface area contributed by atoms with Crippen LogP contribution in [0.3, 0.4) is 0 Å². The fourth-order valence-corrected chi connectivity index (χ4v) is 3.18. The molecule has 0 unspecified atom stereocenters. The predicted molar refractivity (Wildman–Crippen MR) is 81.8 cm³/mol. The number of hydrogen-bond acceptors (Lipinski definition) is 3. The summed E-state index contributed by atoms with van der Waals surface area (Å²) >= 11 is 7.88. The highest BCUT2D eigenvalue weighted by Crippen LogP contribution is 2.28. The second-order valence-electron chi connectivity index (χ2n) is 4.48. The van der Waals surface area contributed by atoms with Crippen molar-refractivity contribution in [3.63, 3.8) is 0 Å². The minimum atomic E-state index is 0.587. The highest BCUT2D eigenvalue weighted by atomic mass is 35.5. The molecular weight excluding hydrogens is 276 g/mol. The predicted octanol–water partition coefficient (Wildman–Crippen LogP) is 4.68. The van der Waals surface area contributed by atoms with Gasteiger partial charge < -0.3 is 0 Å². The van der Waals surface area contributed by atoms with Gasteiger partial charge in [0.15, 0.2) is 0 Å². The maximum absolute atomic E-state index is 6.15. The number of aryl methyl sites for hydroxylation is 1. The first-order valence-electron chi connectivity index (χ1n) is 6.38. The normalized spacial score (nSPS) is 10.7. The van der Waals surface area contributed by atoms with Crippen molar-refractivity contribution >= 4 is 23.4 Å². The van der Waals surface area contributed by atoms with Gasteiger partial charge >= 0.3 is 0 Å². The van der Waals surface area contributed by atoms with Crippen LogP contribution in [0.4, 0.5) is 0 Å². The fraction of sp³-hybridized carbons (Fsp3) is 0.333. The van der Waals surface area contributed by atoms with Crippen LogP contribution in [0.25, 0.3) is 0 Å². The highest BCUT2D eigenvalue weighted by Gasteiger charge is 2.09. The molecule has 0 atom stereocenters. The first-order valence-corrected chi connectivity index (χ1v) is 7.74. The van der Waals surface area contributed by atoms with Crippen molar-refractivity contribution in [2.24, 2.45) is 0 Å². The van der Waals surface area contributed by atoms with E-state index in [-0.39, 0.29) is 0 Å². The standard InChI is InChI=1S/C15H17ClN2S/c1-3-5-13-14(16)17-10-18-15(13)19-9-12-7-4-6-11(2)8-12/h4,6-8,10H,3,5,9H2,1-2H3. The molecule has 2 aromatic rings. The molecule has 0 spiro atoms. The Kier molecular flexibility index (Phi) is 5.23. The van der Waals surface area contributed by atoms with Crippen LogP contribution >= 0.6 is 23.4 Å². The van der Waals surface area contributed by atoms with Gasteiger partial charge in [0, 0.05) is 11.3 Å². The van der Waals surface area contributed by atoms with Gasteiger partial charge in [0.2, 0.25) is 0 Å². The molecule has 2 rings (SSSR count). The third-order valence-corrected chi connectivity index (χ3v) is 4.24. The Hall–Kier alpha value is -1.06. The zero-order chi connectivity index (χ0) is 13.7. The van der Waals surface area contributed by atoms with Crippen molar-refractivity contribution in [1.82, 2.24) is 9.97 Å². The fourth-order valence-electron chi connectivity index (χ4n) is 1.91. The summed E-state index contributed by atoms with van der Waals surface area (Å²) in [5.74, 6) is 0.908. The smallest absolute Gasteiger partial charge is 0.136 e. The van der Waals surface area contributed by atoms with Gasteiger partial charge in [-0.1, -0.05) is 54.8 Å². The quantitative estimate of drug-likeness (QED) is 0.591. The molecule has 0 amide bonds. The molecule has 0 fully saturated rings. The lowest BCUT2D eigenvalue weighted by molar-refractivity contribution is 0.856. The van der Waals surface area contributed by atoms with E-state index in [9.17, 15) is 0 Å². The Balaban J connectivity index is 2.13. The summed E-state index contributed by atoms with van der Waals surface area (Å²) in [4.78, 5) is 8.43. The van der Waals surface area contributed by atoms with Gasteiger partial charge in [-0.05, 0) is 18.9 Å². The van der Waals surface area contributed by atoms with E-state index in [4.69, 9.17) is 11.6 Å². The number of aromatic nitrogens is 2. The lowest BCUT2D eigenvalue weighted by Crippen LogP contribution is -1.96. The Morgan fingerprint density at radius 3 is 2.84 bits per heavy atom. The van der Waals surface area contributed by atoms with E-state index in [0.717, 1.165) is 29.2 Å². The van der Waals surface area contributed by atoms with Crippen LogP contribution < -0.4 is 0 Å². The van der Waals surface area contributed by atoms with Gasteiger partial charge in [0.25, 0.3) is 0 Å². The van der Waals surface area contributed by atoms with Crippen LogP contribution in [0.15, 0.2) is 35.6 Å². The van der Waals surface area contributed by atoms with E-state index in [2.05, 4.69) is 48.1 Å². The van der Waals surface area contributed by atoms with Crippen molar-refractivity contribution in [3.8, 4) is 0 Å². The van der Waals surface area contributed by atoms with Crippen LogP contribution in [0.1, 0.15) is 30.0 Å². The maximum atomic E-state index is 6.15. The van der Waals surface area contributed by atoms with Crippen LogP contribution in [0.5, 0.6) is 0 Å². The minimum absolute atomic E-state index is 0.587. The Morgan fingerprint density at radius 2 is 2.11 bits per heavy atom. The molecule has 0 aliphatic carbocycles. The Labute approximate surface area is 123 Å². The molecule has 0 bridgehead atoms. The summed E-state index contributed by atoms with van der Waals surface area (Å²) in [6.45, 7) is 4.25. The van der Waals surface area contributed by atoms with Crippen LogP contribution in [0.2, 0.25) is 5.15 Å².